The Morgan fingerprint density at radius 1 is 1.16 bits per heavy atom. The first-order chi connectivity index (χ1) is 9.24. The molecule has 0 amide bonds. The summed E-state index contributed by atoms with van der Waals surface area (Å²) in [6.07, 6.45) is 8.23. The van der Waals surface area contributed by atoms with E-state index in [1.54, 1.807) is 0 Å². The lowest BCUT2D eigenvalue weighted by atomic mass is 9.82. The smallest absolute Gasteiger partial charge is 0.0416 e. The minimum Gasteiger partial charge on any atom is -0.384 e. The van der Waals surface area contributed by atoms with E-state index in [2.05, 4.69) is 67.7 Å². The molecule has 1 aliphatic heterocycles. The van der Waals surface area contributed by atoms with Gasteiger partial charge in [-0.05, 0) is 42.0 Å². The lowest BCUT2D eigenvalue weighted by Gasteiger charge is -2.25. The van der Waals surface area contributed by atoms with E-state index >= 15 is 0 Å². The minimum atomic E-state index is 0.650. The number of allylic oxidation sites excluding steroid dienone is 4. The molecule has 1 nitrogen and oxygen atoms in total. The number of nitrogens with one attached hydrogen (secondary N) is 1. The van der Waals surface area contributed by atoms with Gasteiger partial charge in [-0.15, -0.1) is 0 Å². The Labute approximate surface area is 115 Å². The number of benzene rings is 1. The van der Waals surface area contributed by atoms with Crippen LogP contribution in [0.2, 0.25) is 0 Å². The molecule has 0 fully saturated rings. The lowest BCUT2D eigenvalue weighted by molar-refractivity contribution is 0.471. The van der Waals surface area contributed by atoms with Gasteiger partial charge in [-0.2, -0.15) is 0 Å². The molecule has 0 aromatic heterocycles. The molecule has 2 unspecified atom stereocenters. The van der Waals surface area contributed by atoms with Gasteiger partial charge in [0.1, 0.15) is 0 Å². The highest BCUT2D eigenvalue weighted by atomic mass is 14.9. The normalized spacial score (nSPS) is 26.3. The maximum Gasteiger partial charge on any atom is 0.0416 e. The van der Waals surface area contributed by atoms with E-state index in [0.29, 0.717) is 11.8 Å². The molecule has 3 rings (SSSR count). The molecule has 1 N–H and O–H groups in total. The summed E-state index contributed by atoms with van der Waals surface area (Å²) >= 11 is 0. The van der Waals surface area contributed by atoms with Crippen molar-refractivity contribution < 1.29 is 0 Å². The molecule has 0 saturated carbocycles. The van der Waals surface area contributed by atoms with Gasteiger partial charge in [0.15, 0.2) is 0 Å². The van der Waals surface area contributed by atoms with Gasteiger partial charge in [0.05, 0.1) is 0 Å². The molecule has 1 heterocycles. The predicted octanol–water partition coefficient (Wildman–Crippen LogP) is 4.16. The van der Waals surface area contributed by atoms with Crippen LogP contribution < -0.4 is 5.32 Å². The van der Waals surface area contributed by atoms with E-state index in [9.17, 15) is 0 Å². The van der Waals surface area contributed by atoms with Crippen LogP contribution in [0.4, 0.5) is 0 Å². The Morgan fingerprint density at radius 2 is 1.95 bits per heavy atom. The summed E-state index contributed by atoms with van der Waals surface area (Å²) in [4.78, 5) is 0. The largest absolute Gasteiger partial charge is 0.384 e. The summed E-state index contributed by atoms with van der Waals surface area (Å²) in [6.45, 7) is 5.58. The molecular weight excluding hydrogens is 230 g/mol. The number of hydrogen-bond donors (Lipinski definition) is 1. The van der Waals surface area contributed by atoms with Crippen molar-refractivity contribution in [1.29, 1.82) is 0 Å². The fourth-order valence-corrected chi connectivity index (χ4v) is 3.09. The molecule has 0 radical (unpaired) electrons. The molecule has 1 heteroatoms. The van der Waals surface area contributed by atoms with E-state index < -0.39 is 0 Å². The third kappa shape index (κ3) is 2.51. The van der Waals surface area contributed by atoms with Crippen molar-refractivity contribution in [3.63, 3.8) is 0 Å². The van der Waals surface area contributed by atoms with Gasteiger partial charge in [0.25, 0.3) is 0 Å². The average Bonchev–Trinajstić information content (AvgIpc) is 2.59. The van der Waals surface area contributed by atoms with Crippen molar-refractivity contribution in [3.8, 4) is 0 Å². The van der Waals surface area contributed by atoms with Crippen LogP contribution in [0.15, 0.2) is 59.7 Å². The zero-order chi connectivity index (χ0) is 13.2. The number of rotatable bonds is 1. The maximum absolute atomic E-state index is 3.63. The molecule has 2 atom stereocenters. The molecule has 1 aliphatic carbocycles. The second kappa shape index (κ2) is 5.08. The first-order valence-electron chi connectivity index (χ1n) is 7.14. The second-order valence-electron chi connectivity index (χ2n) is 5.71. The summed E-state index contributed by atoms with van der Waals surface area (Å²) in [5.41, 5.74) is 5.44. The monoisotopic (exact) mass is 251 g/mol. The maximum atomic E-state index is 3.63. The molecule has 19 heavy (non-hydrogen) atoms. The molecule has 1 aromatic carbocycles. The molecule has 0 spiro atoms. The predicted molar refractivity (Wildman–Crippen MR) is 81.5 cm³/mol. The van der Waals surface area contributed by atoms with E-state index in [1.165, 1.54) is 28.8 Å². The van der Waals surface area contributed by atoms with Crippen molar-refractivity contribution in [1.82, 2.24) is 5.32 Å². The van der Waals surface area contributed by atoms with Crippen molar-refractivity contribution >= 4 is 5.70 Å². The molecule has 0 saturated heterocycles. The minimum absolute atomic E-state index is 0.650. The fourth-order valence-electron chi connectivity index (χ4n) is 3.09. The number of fused-ring (bicyclic) bond motifs is 1. The molecule has 0 bridgehead atoms. The Morgan fingerprint density at radius 3 is 2.74 bits per heavy atom. The van der Waals surface area contributed by atoms with Crippen LogP contribution in [0, 0.1) is 11.8 Å². The van der Waals surface area contributed by atoms with Crippen LogP contribution in [0.25, 0.3) is 5.70 Å². The molecular formula is C18H21N. The van der Waals surface area contributed by atoms with E-state index in [-0.39, 0.29) is 0 Å². The van der Waals surface area contributed by atoms with Gasteiger partial charge >= 0.3 is 0 Å². The Kier molecular flexibility index (Phi) is 3.29. The Balaban J connectivity index is 1.96. The first kappa shape index (κ1) is 12.3. The van der Waals surface area contributed by atoms with Crippen molar-refractivity contribution in [2.24, 2.45) is 11.8 Å². The van der Waals surface area contributed by atoms with E-state index in [4.69, 9.17) is 0 Å². The first-order valence-corrected chi connectivity index (χ1v) is 7.14. The highest BCUT2D eigenvalue weighted by Gasteiger charge is 2.23. The van der Waals surface area contributed by atoms with Crippen molar-refractivity contribution in [3.05, 3.63) is 65.3 Å². The van der Waals surface area contributed by atoms with Gasteiger partial charge in [-0.3, -0.25) is 0 Å². The van der Waals surface area contributed by atoms with Crippen LogP contribution in [0.3, 0.4) is 0 Å². The Hall–Kier alpha value is -1.76. The standard InChI is InChI=1S/C18H21N/c1-13-8-9-17-14(2)11-18(19-12-16(17)10-13)15-6-4-3-5-7-15/h3-9,11,13,16,19H,10,12H2,1-2H3. The zero-order valence-corrected chi connectivity index (χ0v) is 11.7. The van der Waals surface area contributed by atoms with Gasteiger partial charge in [-0.25, -0.2) is 0 Å². The van der Waals surface area contributed by atoms with E-state index in [1.807, 2.05) is 0 Å². The van der Waals surface area contributed by atoms with Gasteiger partial charge < -0.3 is 5.32 Å². The SMILES string of the molecule is CC1=C2C=CC(C)CC2CNC(c2ccccc2)=C1. The van der Waals surface area contributed by atoms with Gasteiger partial charge in [0.2, 0.25) is 0 Å². The van der Waals surface area contributed by atoms with Crippen LogP contribution in [0.1, 0.15) is 25.8 Å². The zero-order valence-electron chi connectivity index (χ0n) is 11.7. The third-order valence-electron chi connectivity index (χ3n) is 4.14. The summed E-state index contributed by atoms with van der Waals surface area (Å²) in [5, 5.41) is 3.63. The quantitative estimate of drug-likeness (QED) is 0.790. The second-order valence-corrected chi connectivity index (χ2v) is 5.71. The molecule has 98 valence electrons. The third-order valence-corrected chi connectivity index (χ3v) is 4.14. The highest BCUT2D eigenvalue weighted by molar-refractivity contribution is 5.68. The van der Waals surface area contributed by atoms with Crippen LogP contribution in [0.5, 0.6) is 0 Å². The lowest BCUT2D eigenvalue weighted by Crippen LogP contribution is -2.24. The average molecular weight is 251 g/mol. The van der Waals surface area contributed by atoms with E-state index in [0.717, 1.165) is 6.54 Å². The Bertz CT molecular complexity index is 548. The van der Waals surface area contributed by atoms with Crippen LogP contribution >= 0.6 is 0 Å². The summed E-state index contributed by atoms with van der Waals surface area (Å²) < 4.78 is 0. The fraction of sp³-hybridized carbons (Fsp3) is 0.333. The number of hydrogen-bond acceptors (Lipinski definition) is 1. The molecule has 1 aromatic rings. The van der Waals surface area contributed by atoms with Crippen LogP contribution in [-0.4, -0.2) is 6.54 Å². The summed E-state index contributed by atoms with van der Waals surface area (Å²) in [5.74, 6) is 1.35. The van der Waals surface area contributed by atoms with Crippen molar-refractivity contribution in [2.75, 3.05) is 6.54 Å². The summed E-state index contributed by atoms with van der Waals surface area (Å²) in [6, 6.07) is 10.6. The molecule has 2 aliphatic rings. The van der Waals surface area contributed by atoms with Gasteiger partial charge in [0, 0.05) is 18.2 Å². The highest BCUT2D eigenvalue weighted by Crippen LogP contribution is 2.33. The van der Waals surface area contributed by atoms with Gasteiger partial charge in [-0.1, -0.05) is 49.4 Å². The van der Waals surface area contributed by atoms with Crippen LogP contribution in [-0.2, 0) is 0 Å². The summed E-state index contributed by atoms with van der Waals surface area (Å²) in [7, 11) is 0. The topological polar surface area (TPSA) is 12.0 Å². The van der Waals surface area contributed by atoms with Crippen molar-refractivity contribution in [2.45, 2.75) is 20.3 Å².